The van der Waals surface area contributed by atoms with Crippen LogP contribution in [0.2, 0.25) is 0 Å². The molecular formula is C8H8F2N2O3. The zero-order valence-corrected chi connectivity index (χ0v) is 7.71. The molecule has 1 amide bonds. The smallest absolute Gasteiger partial charge is 0.265 e. The summed E-state index contributed by atoms with van der Waals surface area (Å²) in [6, 6.07) is 0.867. The molecule has 0 atom stereocenters. The highest BCUT2D eigenvalue weighted by atomic mass is 19.3. The van der Waals surface area contributed by atoms with E-state index in [1.165, 1.54) is 7.11 Å². The number of rotatable bonds is 3. The maximum Gasteiger partial charge on any atom is 0.265 e. The normalized spacial score (nSPS) is 10.4. The van der Waals surface area contributed by atoms with Crippen molar-refractivity contribution in [3.63, 3.8) is 0 Å². The summed E-state index contributed by atoms with van der Waals surface area (Å²) in [6.07, 6.45) is -2.97. The van der Waals surface area contributed by atoms with E-state index in [-0.39, 0.29) is 5.88 Å². The van der Waals surface area contributed by atoms with Gasteiger partial charge in [0.05, 0.1) is 7.11 Å². The number of alkyl halides is 2. The number of methoxy groups -OCH3 is 1. The van der Waals surface area contributed by atoms with Gasteiger partial charge >= 0.3 is 0 Å². The summed E-state index contributed by atoms with van der Waals surface area (Å²) >= 11 is 0. The minimum absolute atomic E-state index is 0.152. The average Bonchev–Trinajstić information content (AvgIpc) is 2.15. The molecule has 1 rings (SSSR count). The number of hydrogen-bond donors (Lipinski definition) is 2. The molecule has 0 fully saturated rings. The van der Waals surface area contributed by atoms with Gasteiger partial charge in [0.25, 0.3) is 17.9 Å². The van der Waals surface area contributed by atoms with Crippen molar-refractivity contribution >= 4 is 5.91 Å². The van der Waals surface area contributed by atoms with Crippen LogP contribution in [0.25, 0.3) is 0 Å². The summed E-state index contributed by atoms with van der Waals surface area (Å²) in [4.78, 5) is 24.1. The first-order valence-corrected chi connectivity index (χ1v) is 3.86. The number of aromatic amines is 1. The van der Waals surface area contributed by atoms with E-state index in [0.29, 0.717) is 0 Å². The van der Waals surface area contributed by atoms with Gasteiger partial charge in [0, 0.05) is 11.6 Å². The van der Waals surface area contributed by atoms with Crippen LogP contribution in [0.1, 0.15) is 22.3 Å². The molecule has 0 aliphatic heterocycles. The van der Waals surface area contributed by atoms with E-state index in [2.05, 4.69) is 9.72 Å². The number of primary amides is 1. The first kappa shape index (κ1) is 11.2. The molecule has 0 unspecified atom stereocenters. The number of nitrogens with two attached hydrogens (primary N) is 1. The van der Waals surface area contributed by atoms with E-state index in [4.69, 9.17) is 5.73 Å². The molecule has 5 nitrogen and oxygen atoms in total. The molecule has 0 aliphatic rings. The number of nitrogens with one attached hydrogen (secondary N) is 1. The maximum atomic E-state index is 12.5. The van der Waals surface area contributed by atoms with Gasteiger partial charge in [0.1, 0.15) is 5.56 Å². The Bertz CT molecular complexity index is 442. The third kappa shape index (κ3) is 2.12. The average molecular weight is 218 g/mol. The first-order valence-electron chi connectivity index (χ1n) is 3.86. The van der Waals surface area contributed by atoms with Crippen LogP contribution in [0.4, 0.5) is 8.78 Å². The molecule has 82 valence electrons. The zero-order chi connectivity index (χ0) is 11.6. The molecule has 1 aromatic heterocycles. The Hall–Kier alpha value is -1.92. The van der Waals surface area contributed by atoms with Gasteiger partial charge in [-0.3, -0.25) is 14.6 Å². The molecule has 0 radical (unpaired) electrons. The Balaban J connectivity index is 3.50. The van der Waals surface area contributed by atoms with Gasteiger partial charge in [0.15, 0.2) is 5.88 Å². The monoisotopic (exact) mass is 218 g/mol. The fourth-order valence-electron chi connectivity index (χ4n) is 1.09. The maximum absolute atomic E-state index is 12.5. The molecule has 0 saturated carbocycles. The zero-order valence-electron chi connectivity index (χ0n) is 7.71. The predicted octanol–water partition coefficient (Wildman–Crippen LogP) is 0.420. The van der Waals surface area contributed by atoms with Crippen molar-refractivity contribution in [3.8, 4) is 5.88 Å². The first-order chi connectivity index (χ1) is 6.97. The van der Waals surface area contributed by atoms with Crippen LogP contribution in [0, 0.1) is 0 Å². The quantitative estimate of drug-likeness (QED) is 0.770. The largest absolute Gasteiger partial charge is 0.482 e. The SMILES string of the molecule is COc1cc(C(F)F)c(C(N)=O)c(=O)[nH]1. The van der Waals surface area contributed by atoms with Crippen molar-refractivity contribution in [2.24, 2.45) is 5.73 Å². The predicted molar refractivity (Wildman–Crippen MR) is 47.1 cm³/mol. The summed E-state index contributed by atoms with van der Waals surface area (Å²) in [6.45, 7) is 0. The second-order valence-electron chi connectivity index (χ2n) is 2.66. The molecule has 1 heterocycles. The summed E-state index contributed by atoms with van der Waals surface area (Å²) < 4.78 is 29.5. The van der Waals surface area contributed by atoms with Crippen molar-refractivity contribution in [2.75, 3.05) is 7.11 Å². The Labute approximate surface area is 82.9 Å². The Kier molecular flexibility index (Phi) is 3.03. The van der Waals surface area contributed by atoms with Crippen molar-refractivity contribution in [1.82, 2.24) is 4.98 Å². The van der Waals surface area contributed by atoms with Crippen molar-refractivity contribution in [2.45, 2.75) is 6.43 Å². The van der Waals surface area contributed by atoms with Crippen LogP contribution in [0.3, 0.4) is 0 Å². The van der Waals surface area contributed by atoms with E-state index >= 15 is 0 Å². The van der Waals surface area contributed by atoms with Crippen LogP contribution < -0.4 is 16.0 Å². The number of amides is 1. The van der Waals surface area contributed by atoms with Gasteiger partial charge in [-0.25, -0.2) is 8.78 Å². The molecular weight excluding hydrogens is 210 g/mol. The topological polar surface area (TPSA) is 85.2 Å². The lowest BCUT2D eigenvalue weighted by atomic mass is 10.1. The number of halogens is 2. The molecule has 0 saturated heterocycles. The fraction of sp³-hybridized carbons (Fsp3) is 0.250. The lowest BCUT2D eigenvalue weighted by molar-refractivity contribution is 0.0984. The number of carbonyl (C=O) groups excluding carboxylic acids is 1. The number of H-pyrrole nitrogens is 1. The van der Waals surface area contributed by atoms with E-state index in [1.54, 1.807) is 0 Å². The third-order valence-corrected chi connectivity index (χ3v) is 1.74. The number of aromatic nitrogens is 1. The molecule has 0 bridgehead atoms. The number of hydrogen-bond acceptors (Lipinski definition) is 3. The molecule has 7 heteroatoms. The van der Waals surface area contributed by atoms with Crippen LogP contribution in [-0.4, -0.2) is 18.0 Å². The summed E-state index contributed by atoms with van der Waals surface area (Å²) in [5.74, 6) is -1.35. The van der Waals surface area contributed by atoms with E-state index in [0.717, 1.165) is 6.07 Å². The van der Waals surface area contributed by atoms with Crippen molar-refractivity contribution in [1.29, 1.82) is 0 Å². The summed E-state index contributed by atoms with van der Waals surface area (Å²) in [5, 5.41) is 0. The molecule has 0 spiro atoms. The fourth-order valence-corrected chi connectivity index (χ4v) is 1.09. The number of ether oxygens (including phenoxy) is 1. The Morgan fingerprint density at radius 1 is 1.60 bits per heavy atom. The van der Waals surface area contributed by atoms with Gasteiger partial charge in [0.2, 0.25) is 0 Å². The molecule has 1 aromatic rings. The van der Waals surface area contributed by atoms with Gasteiger partial charge in [-0.15, -0.1) is 0 Å². The summed E-state index contributed by atoms with van der Waals surface area (Å²) in [7, 11) is 1.20. The van der Waals surface area contributed by atoms with Crippen LogP contribution in [0.5, 0.6) is 5.88 Å². The highest BCUT2D eigenvalue weighted by Gasteiger charge is 2.21. The second kappa shape index (κ2) is 4.07. The van der Waals surface area contributed by atoms with Gasteiger partial charge < -0.3 is 10.5 Å². The number of carbonyl (C=O) groups is 1. The minimum Gasteiger partial charge on any atom is -0.482 e. The lowest BCUT2D eigenvalue weighted by Crippen LogP contribution is -2.26. The highest BCUT2D eigenvalue weighted by molar-refractivity contribution is 5.94. The highest BCUT2D eigenvalue weighted by Crippen LogP contribution is 2.23. The van der Waals surface area contributed by atoms with Gasteiger partial charge in [-0.1, -0.05) is 0 Å². The molecule has 3 N–H and O–H groups in total. The van der Waals surface area contributed by atoms with Crippen molar-refractivity contribution < 1.29 is 18.3 Å². The minimum atomic E-state index is -2.97. The Morgan fingerprint density at radius 3 is 2.60 bits per heavy atom. The van der Waals surface area contributed by atoms with Crippen LogP contribution >= 0.6 is 0 Å². The van der Waals surface area contributed by atoms with Crippen LogP contribution in [0.15, 0.2) is 10.9 Å². The second-order valence-corrected chi connectivity index (χ2v) is 2.66. The molecule has 0 aromatic carbocycles. The van der Waals surface area contributed by atoms with Gasteiger partial charge in [-0.05, 0) is 0 Å². The lowest BCUT2D eigenvalue weighted by Gasteiger charge is -2.06. The molecule has 0 aliphatic carbocycles. The molecule has 15 heavy (non-hydrogen) atoms. The number of pyridine rings is 1. The third-order valence-electron chi connectivity index (χ3n) is 1.74. The summed E-state index contributed by atoms with van der Waals surface area (Å²) in [5.41, 5.74) is 2.35. The van der Waals surface area contributed by atoms with E-state index in [9.17, 15) is 18.4 Å². The van der Waals surface area contributed by atoms with E-state index < -0.39 is 29.0 Å². The van der Waals surface area contributed by atoms with Crippen LogP contribution in [-0.2, 0) is 0 Å². The van der Waals surface area contributed by atoms with E-state index in [1.807, 2.05) is 0 Å². The van der Waals surface area contributed by atoms with Crippen molar-refractivity contribution in [3.05, 3.63) is 27.5 Å². The van der Waals surface area contributed by atoms with Gasteiger partial charge in [-0.2, -0.15) is 0 Å². The Morgan fingerprint density at radius 2 is 2.20 bits per heavy atom. The standard InChI is InChI=1S/C8H8F2N2O3/c1-15-4-2-3(6(9)10)5(7(11)13)8(14)12-4/h2,6H,1H3,(H2,11,13)(H,12,14).